The summed E-state index contributed by atoms with van der Waals surface area (Å²) in [5.74, 6) is 0.380. The van der Waals surface area contributed by atoms with Gasteiger partial charge in [0.15, 0.2) is 0 Å². The van der Waals surface area contributed by atoms with Gasteiger partial charge in [-0.25, -0.2) is 18.4 Å². The van der Waals surface area contributed by atoms with Gasteiger partial charge in [-0.2, -0.15) is 5.10 Å². The lowest BCUT2D eigenvalue weighted by atomic mass is 9.93. The largest absolute Gasteiger partial charge is 0.444 e. The number of primary sulfonamides is 1. The topological polar surface area (TPSA) is 108 Å². The molecule has 8 nitrogen and oxygen atoms in total. The van der Waals surface area contributed by atoms with Crippen molar-refractivity contribution in [1.29, 1.82) is 0 Å². The molecule has 2 heterocycles. The molecule has 1 saturated heterocycles. The van der Waals surface area contributed by atoms with E-state index in [-0.39, 0.29) is 16.5 Å². The van der Waals surface area contributed by atoms with Crippen molar-refractivity contribution in [3.8, 4) is 0 Å². The number of amides is 1. The molecular weight excluding hydrogens is 356 g/mol. The first-order chi connectivity index (χ1) is 11.8. The number of carbonyl (C=O) groups excluding carboxylic acids is 1. The van der Waals surface area contributed by atoms with Gasteiger partial charge in [0, 0.05) is 24.8 Å². The molecule has 1 amide bonds. The van der Waals surface area contributed by atoms with Crippen LogP contribution in [0.1, 0.15) is 53.9 Å². The van der Waals surface area contributed by atoms with Crippen molar-refractivity contribution in [2.75, 3.05) is 6.54 Å². The molecule has 1 fully saturated rings. The van der Waals surface area contributed by atoms with Gasteiger partial charge in [-0.05, 0) is 59.8 Å². The van der Waals surface area contributed by atoms with Crippen LogP contribution < -0.4 is 5.14 Å². The molecule has 1 aliphatic heterocycles. The predicted octanol–water partition coefficient (Wildman–Crippen LogP) is 2.35. The van der Waals surface area contributed by atoms with E-state index >= 15 is 0 Å². The zero-order chi connectivity index (χ0) is 19.8. The SMILES string of the molecule is CC(C)(C)OC(=O)N1C[C@@H](CCCn2cc(S(N)(=O)=O)cn2)CC1(C)C. The molecule has 148 valence electrons. The highest BCUT2D eigenvalue weighted by atomic mass is 32.2. The molecule has 1 aromatic heterocycles. The Bertz CT molecular complexity index is 749. The third-order valence-electron chi connectivity index (χ3n) is 4.51. The van der Waals surface area contributed by atoms with Crippen molar-refractivity contribution >= 4 is 16.1 Å². The fourth-order valence-electron chi connectivity index (χ4n) is 3.37. The maximum atomic E-state index is 12.4. The van der Waals surface area contributed by atoms with Gasteiger partial charge in [-0.15, -0.1) is 0 Å². The summed E-state index contributed by atoms with van der Waals surface area (Å²) in [5, 5.41) is 9.12. The van der Waals surface area contributed by atoms with Crippen LogP contribution in [-0.2, 0) is 21.3 Å². The van der Waals surface area contributed by atoms with E-state index in [2.05, 4.69) is 18.9 Å². The molecular formula is C17H30N4O4S. The number of likely N-dealkylation sites (tertiary alicyclic amines) is 1. The summed E-state index contributed by atoms with van der Waals surface area (Å²) < 4.78 is 29.7. The standard InChI is InChI=1S/C17H30N4O4S/c1-16(2,3)25-15(22)21-11-13(9-17(21,4)5)7-6-8-20-12-14(10-19-20)26(18,23)24/h10,12-13H,6-9,11H2,1-5H3,(H2,18,23,24)/t13-/m0/s1. The van der Waals surface area contributed by atoms with Crippen LogP contribution in [-0.4, -0.2) is 46.9 Å². The summed E-state index contributed by atoms with van der Waals surface area (Å²) in [4.78, 5) is 14.3. The number of nitrogens with two attached hydrogens (primary N) is 1. The summed E-state index contributed by atoms with van der Waals surface area (Å²) in [6.07, 6.45) is 5.12. The minimum absolute atomic E-state index is 0.0237. The lowest BCUT2D eigenvalue weighted by Crippen LogP contribution is -2.45. The molecule has 0 radical (unpaired) electrons. The number of hydrogen-bond donors (Lipinski definition) is 1. The van der Waals surface area contributed by atoms with Crippen LogP contribution in [0.2, 0.25) is 0 Å². The van der Waals surface area contributed by atoms with E-state index in [1.165, 1.54) is 12.4 Å². The van der Waals surface area contributed by atoms with Gasteiger partial charge in [0.2, 0.25) is 10.0 Å². The Morgan fingerprint density at radius 3 is 2.62 bits per heavy atom. The Kier molecular flexibility index (Phi) is 5.72. The van der Waals surface area contributed by atoms with Crippen molar-refractivity contribution in [1.82, 2.24) is 14.7 Å². The fourth-order valence-corrected chi connectivity index (χ4v) is 3.84. The van der Waals surface area contributed by atoms with Gasteiger partial charge in [-0.3, -0.25) is 4.68 Å². The zero-order valence-electron chi connectivity index (χ0n) is 16.2. The monoisotopic (exact) mass is 386 g/mol. The third-order valence-corrected chi connectivity index (χ3v) is 5.38. The second-order valence-electron chi connectivity index (χ2n) is 8.60. The molecule has 2 N–H and O–H groups in total. The van der Waals surface area contributed by atoms with E-state index in [1.807, 2.05) is 25.7 Å². The molecule has 0 bridgehead atoms. The summed E-state index contributed by atoms with van der Waals surface area (Å²) >= 11 is 0. The Morgan fingerprint density at radius 1 is 1.42 bits per heavy atom. The predicted molar refractivity (Wildman–Crippen MR) is 98.0 cm³/mol. The number of nitrogens with zero attached hydrogens (tertiary/aromatic N) is 3. The molecule has 2 rings (SSSR count). The summed E-state index contributed by atoms with van der Waals surface area (Å²) in [7, 11) is -3.71. The first-order valence-corrected chi connectivity index (χ1v) is 10.4. The van der Waals surface area contributed by atoms with Gasteiger partial charge in [0.25, 0.3) is 0 Å². The van der Waals surface area contributed by atoms with Crippen LogP contribution >= 0.6 is 0 Å². The first-order valence-electron chi connectivity index (χ1n) is 8.84. The number of rotatable bonds is 5. The third kappa shape index (κ3) is 5.44. The van der Waals surface area contributed by atoms with Gasteiger partial charge >= 0.3 is 6.09 Å². The minimum Gasteiger partial charge on any atom is -0.444 e. The van der Waals surface area contributed by atoms with Crippen LogP contribution in [0.15, 0.2) is 17.3 Å². The van der Waals surface area contributed by atoms with E-state index in [0.29, 0.717) is 19.0 Å². The summed E-state index contributed by atoms with van der Waals surface area (Å²) in [6.45, 7) is 11.0. The molecule has 0 unspecified atom stereocenters. The molecule has 0 aromatic carbocycles. The van der Waals surface area contributed by atoms with Crippen molar-refractivity contribution in [2.24, 2.45) is 11.1 Å². The quantitative estimate of drug-likeness (QED) is 0.836. The average Bonchev–Trinajstić information content (AvgIpc) is 3.01. The normalized spacial score (nSPS) is 20.4. The maximum absolute atomic E-state index is 12.4. The molecule has 26 heavy (non-hydrogen) atoms. The second kappa shape index (κ2) is 7.19. The number of sulfonamides is 1. The van der Waals surface area contributed by atoms with E-state index in [1.54, 1.807) is 4.68 Å². The van der Waals surface area contributed by atoms with Gasteiger partial charge < -0.3 is 9.64 Å². The smallest absolute Gasteiger partial charge is 0.410 e. The van der Waals surface area contributed by atoms with Crippen molar-refractivity contribution in [2.45, 2.75) is 76.5 Å². The Labute approximate surface area is 155 Å². The molecule has 9 heteroatoms. The second-order valence-corrected chi connectivity index (χ2v) is 10.2. The maximum Gasteiger partial charge on any atom is 0.410 e. The molecule has 0 saturated carbocycles. The number of aryl methyl sites for hydroxylation is 1. The number of hydrogen-bond acceptors (Lipinski definition) is 5. The first kappa shape index (κ1) is 20.7. The lowest BCUT2D eigenvalue weighted by molar-refractivity contribution is 0.0131. The highest BCUT2D eigenvalue weighted by Crippen LogP contribution is 2.36. The molecule has 1 atom stereocenters. The number of carbonyl (C=O) groups is 1. The van der Waals surface area contributed by atoms with Crippen LogP contribution in [0, 0.1) is 5.92 Å². The van der Waals surface area contributed by atoms with Crippen molar-refractivity contribution < 1.29 is 17.9 Å². The average molecular weight is 387 g/mol. The number of ether oxygens (including phenoxy) is 1. The molecule has 0 spiro atoms. The summed E-state index contributed by atoms with van der Waals surface area (Å²) in [6, 6.07) is 0. The highest BCUT2D eigenvalue weighted by molar-refractivity contribution is 7.89. The minimum atomic E-state index is -3.71. The zero-order valence-corrected chi connectivity index (χ0v) is 17.0. The van der Waals surface area contributed by atoms with E-state index in [4.69, 9.17) is 9.88 Å². The van der Waals surface area contributed by atoms with Gasteiger partial charge in [0.1, 0.15) is 10.5 Å². The van der Waals surface area contributed by atoms with Crippen LogP contribution in [0.4, 0.5) is 4.79 Å². The van der Waals surface area contributed by atoms with Crippen LogP contribution in [0.25, 0.3) is 0 Å². The Hall–Kier alpha value is -1.61. The van der Waals surface area contributed by atoms with Gasteiger partial charge in [-0.1, -0.05) is 0 Å². The van der Waals surface area contributed by atoms with Crippen LogP contribution in [0.3, 0.4) is 0 Å². The number of aromatic nitrogens is 2. The van der Waals surface area contributed by atoms with E-state index in [9.17, 15) is 13.2 Å². The van der Waals surface area contributed by atoms with E-state index in [0.717, 1.165) is 19.3 Å². The van der Waals surface area contributed by atoms with Gasteiger partial charge in [0.05, 0.1) is 6.20 Å². The van der Waals surface area contributed by atoms with E-state index < -0.39 is 15.6 Å². The Morgan fingerprint density at radius 2 is 2.08 bits per heavy atom. The highest BCUT2D eigenvalue weighted by Gasteiger charge is 2.42. The Balaban J connectivity index is 1.87. The van der Waals surface area contributed by atoms with Crippen molar-refractivity contribution in [3.05, 3.63) is 12.4 Å². The van der Waals surface area contributed by atoms with Crippen LogP contribution in [0.5, 0.6) is 0 Å². The fraction of sp³-hybridized carbons (Fsp3) is 0.765. The molecule has 1 aromatic rings. The summed E-state index contributed by atoms with van der Waals surface area (Å²) in [5.41, 5.74) is -0.744. The molecule has 0 aliphatic carbocycles. The molecule has 1 aliphatic rings. The lowest BCUT2D eigenvalue weighted by Gasteiger charge is -2.33. The van der Waals surface area contributed by atoms with Crippen molar-refractivity contribution in [3.63, 3.8) is 0 Å².